The third-order valence-electron chi connectivity index (χ3n) is 4.37. The summed E-state index contributed by atoms with van der Waals surface area (Å²) in [5, 5.41) is 13.2. The van der Waals surface area contributed by atoms with Crippen molar-refractivity contribution in [3.05, 3.63) is 47.0 Å². The summed E-state index contributed by atoms with van der Waals surface area (Å²) in [6, 6.07) is 7.89. The quantitative estimate of drug-likeness (QED) is 0.758. The zero-order valence-electron chi connectivity index (χ0n) is 14.0. The molecule has 1 aliphatic rings. The fraction of sp³-hybridized carbons (Fsp3) is 0.500. The largest absolute Gasteiger partial charge is 0.390 e. The van der Waals surface area contributed by atoms with Crippen LogP contribution in [0.3, 0.4) is 0 Å². The van der Waals surface area contributed by atoms with Gasteiger partial charge in [0.15, 0.2) is 0 Å². The first kappa shape index (κ1) is 18.0. The van der Waals surface area contributed by atoms with E-state index in [4.69, 9.17) is 0 Å². The molecular weight excluding hydrogens is 356 g/mol. The number of nitrogens with one attached hydrogen (secondary N) is 1. The van der Waals surface area contributed by atoms with Gasteiger partial charge in [-0.1, -0.05) is 34.1 Å². The van der Waals surface area contributed by atoms with Crippen LogP contribution in [0.1, 0.15) is 45.2 Å². The molecule has 2 atom stereocenters. The lowest BCUT2D eigenvalue weighted by atomic mass is 9.82. The number of amides is 2. The van der Waals surface area contributed by atoms with Crippen LogP contribution in [-0.4, -0.2) is 33.7 Å². The van der Waals surface area contributed by atoms with E-state index in [1.807, 2.05) is 36.1 Å². The number of aliphatic hydroxyl groups is 1. The van der Waals surface area contributed by atoms with Gasteiger partial charge in [0.2, 0.25) is 0 Å². The molecule has 0 aromatic heterocycles. The van der Waals surface area contributed by atoms with Gasteiger partial charge in [-0.05, 0) is 44.9 Å². The van der Waals surface area contributed by atoms with Crippen molar-refractivity contribution in [3.63, 3.8) is 0 Å². The lowest BCUT2D eigenvalue weighted by Crippen LogP contribution is -2.61. The number of urea groups is 1. The van der Waals surface area contributed by atoms with E-state index in [1.54, 1.807) is 19.9 Å². The molecule has 2 amide bonds. The first-order valence-corrected chi connectivity index (χ1v) is 8.65. The second-order valence-corrected chi connectivity index (χ2v) is 7.87. The molecule has 1 aromatic rings. The Kier molecular flexibility index (Phi) is 5.21. The van der Waals surface area contributed by atoms with E-state index in [0.29, 0.717) is 13.0 Å². The minimum Gasteiger partial charge on any atom is -0.390 e. The van der Waals surface area contributed by atoms with Crippen LogP contribution in [0.5, 0.6) is 0 Å². The Balaban J connectivity index is 2.13. The molecule has 0 unspecified atom stereocenters. The van der Waals surface area contributed by atoms with Crippen molar-refractivity contribution in [1.82, 2.24) is 10.2 Å². The van der Waals surface area contributed by atoms with Crippen molar-refractivity contribution in [2.24, 2.45) is 0 Å². The summed E-state index contributed by atoms with van der Waals surface area (Å²) in [6.45, 7) is 10.0. The number of halogens is 1. The van der Waals surface area contributed by atoms with E-state index in [2.05, 4.69) is 27.8 Å². The molecule has 0 radical (unpaired) electrons. The van der Waals surface area contributed by atoms with E-state index in [0.717, 1.165) is 16.5 Å². The Morgan fingerprint density at radius 1 is 1.48 bits per heavy atom. The van der Waals surface area contributed by atoms with Gasteiger partial charge in [0.25, 0.3) is 0 Å². The number of hydrogen-bond donors (Lipinski definition) is 2. The summed E-state index contributed by atoms with van der Waals surface area (Å²) < 4.78 is 1.02. The zero-order chi connectivity index (χ0) is 17.3. The Hall–Kier alpha value is -1.33. The Labute approximate surface area is 146 Å². The van der Waals surface area contributed by atoms with Crippen LogP contribution in [0.25, 0.3) is 0 Å². The van der Waals surface area contributed by atoms with Gasteiger partial charge in [0, 0.05) is 17.4 Å². The maximum atomic E-state index is 12.6. The Morgan fingerprint density at radius 3 is 2.57 bits per heavy atom. The number of carbonyl (C=O) groups is 1. The second-order valence-electron chi connectivity index (χ2n) is 6.95. The van der Waals surface area contributed by atoms with Crippen LogP contribution < -0.4 is 5.32 Å². The monoisotopic (exact) mass is 380 g/mol. The molecule has 1 aliphatic heterocycles. The molecule has 4 nitrogen and oxygen atoms in total. The minimum atomic E-state index is -0.860. The van der Waals surface area contributed by atoms with E-state index < -0.39 is 11.1 Å². The maximum Gasteiger partial charge on any atom is 0.318 e. The third-order valence-corrected chi connectivity index (χ3v) is 4.90. The highest BCUT2D eigenvalue weighted by atomic mass is 79.9. The maximum absolute atomic E-state index is 12.6. The molecule has 1 heterocycles. The SMILES string of the molecule is C=C[C@@]1(CC(C)(C)O)CCN([C@@H](C)c2ccc(Br)cc2)C(=O)N1. The average molecular weight is 381 g/mol. The van der Waals surface area contributed by atoms with Gasteiger partial charge in [0.1, 0.15) is 0 Å². The first-order chi connectivity index (χ1) is 10.7. The highest BCUT2D eigenvalue weighted by Crippen LogP contribution is 2.32. The molecule has 0 aliphatic carbocycles. The first-order valence-electron chi connectivity index (χ1n) is 7.86. The summed E-state index contributed by atoms with van der Waals surface area (Å²) in [5.41, 5.74) is -0.316. The van der Waals surface area contributed by atoms with Crippen molar-refractivity contribution in [2.75, 3.05) is 6.54 Å². The molecule has 2 rings (SSSR count). The second kappa shape index (κ2) is 6.65. The van der Waals surface area contributed by atoms with Gasteiger partial charge in [-0.3, -0.25) is 0 Å². The smallest absolute Gasteiger partial charge is 0.318 e. The number of carbonyl (C=O) groups excluding carboxylic acids is 1. The summed E-state index contributed by atoms with van der Waals surface area (Å²) >= 11 is 3.43. The van der Waals surface area contributed by atoms with Crippen LogP contribution in [0, 0.1) is 0 Å². The molecular formula is C18H25BrN2O2. The van der Waals surface area contributed by atoms with Crippen LogP contribution in [0.15, 0.2) is 41.4 Å². The van der Waals surface area contributed by atoms with Crippen molar-refractivity contribution >= 4 is 22.0 Å². The van der Waals surface area contributed by atoms with E-state index in [9.17, 15) is 9.90 Å². The molecule has 0 spiro atoms. The lowest BCUT2D eigenvalue weighted by Gasteiger charge is -2.45. The summed E-state index contributed by atoms with van der Waals surface area (Å²) in [6.07, 6.45) is 2.94. The number of nitrogens with zero attached hydrogens (tertiary/aromatic N) is 1. The Morgan fingerprint density at radius 2 is 2.09 bits per heavy atom. The summed E-state index contributed by atoms with van der Waals surface area (Å²) in [5.74, 6) is 0. The number of benzene rings is 1. The van der Waals surface area contributed by atoms with Crippen molar-refractivity contribution in [3.8, 4) is 0 Å². The molecule has 1 fully saturated rings. The third kappa shape index (κ3) is 4.36. The van der Waals surface area contributed by atoms with E-state index in [-0.39, 0.29) is 12.1 Å². The molecule has 1 aromatic carbocycles. The van der Waals surface area contributed by atoms with Gasteiger partial charge < -0.3 is 15.3 Å². The van der Waals surface area contributed by atoms with Crippen LogP contribution in [-0.2, 0) is 0 Å². The van der Waals surface area contributed by atoms with Crippen molar-refractivity contribution in [1.29, 1.82) is 0 Å². The zero-order valence-corrected chi connectivity index (χ0v) is 15.6. The molecule has 23 heavy (non-hydrogen) atoms. The van der Waals surface area contributed by atoms with Gasteiger partial charge in [-0.15, -0.1) is 6.58 Å². The van der Waals surface area contributed by atoms with Gasteiger partial charge in [-0.2, -0.15) is 0 Å². The molecule has 126 valence electrons. The molecule has 5 heteroatoms. The predicted octanol–water partition coefficient (Wildman–Crippen LogP) is 4.01. The summed E-state index contributed by atoms with van der Waals surface area (Å²) in [4.78, 5) is 14.4. The number of hydrogen-bond acceptors (Lipinski definition) is 2. The van der Waals surface area contributed by atoms with Gasteiger partial charge in [0.05, 0.1) is 17.2 Å². The fourth-order valence-electron chi connectivity index (χ4n) is 3.19. The van der Waals surface area contributed by atoms with Crippen LogP contribution >= 0.6 is 15.9 Å². The topological polar surface area (TPSA) is 52.6 Å². The lowest BCUT2D eigenvalue weighted by molar-refractivity contribution is 0.0363. The van der Waals surface area contributed by atoms with E-state index in [1.165, 1.54) is 0 Å². The minimum absolute atomic E-state index is 0.00643. The molecule has 2 N–H and O–H groups in total. The summed E-state index contributed by atoms with van der Waals surface area (Å²) in [7, 11) is 0. The van der Waals surface area contributed by atoms with E-state index >= 15 is 0 Å². The van der Waals surface area contributed by atoms with Crippen LogP contribution in [0.2, 0.25) is 0 Å². The highest BCUT2D eigenvalue weighted by molar-refractivity contribution is 9.10. The van der Waals surface area contributed by atoms with Crippen molar-refractivity contribution in [2.45, 2.75) is 50.8 Å². The van der Waals surface area contributed by atoms with Crippen molar-refractivity contribution < 1.29 is 9.90 Å². The highest BCUT2D eigenvalue weighted by Gasteiger charge is 2.40. The standard InChI is InChI=1S/C18H25BrN2O2/c1-5-18(12-17(3,4)23)10-11-21(16(22)20-18)13(2)14-6-8-15(19)9-7-14/h5-9,13,23H,1,10-12H2,2-4H3,(H,20,22)/t13-,18-/m0/s1. The molecule has 0 bridgehead atoms. The van der Waals surface area contributed by atoms with Gasteiger partial charge >= 0.3 is 6.03 Å². The predicted molar refractivity (Wildman–Crippen MR) is 96.3 cm³/mol. The fourth-order valence-corrected chi connectivity index (χ4v) is 3.45. The van der Waals surface area contributed by atoms with Crippen LogP contribution in [0.4, 0.5) is 4.79 Å². The number of rotatable bonds is 5. The average Bonchev–Trinajstić information content (AvgIpc) is 2.46. The van der Waals surface area contributed by atoms with Gasteiger partial charge in [-0.25, -0.2) is 4.79 Å². The molecule has 0 saturated carbocycles. The Bertz CT molecular complexity index is 580. The molecule has 1 saturated heterocycles. The normalized spacial score (nSPS) is 23.3.